The Morgan fingerprint density at radius 3 is 2.40 bits per heavy atom. The van der Waals surface area contributed by atoms with Gasteiger partial charge in [-0.05, 0) is 30.0 Å². The summed E-state index contributed by atoms with van der Waals surface area (Å²) in [4.78, 5) is 30.1. The normalized spacial score (nSPS) is 14.6. The summed E-state index contributed by atoms with van der Waals surface area (Å²) < 4.78 is 0. The van der Waals surface area contributed by atoms with Crippen molar-refractivity contribution in [2.24, 2.45) is 0 Å². The monoisotopic (exact) mass is 354 g/mol. The molecule has 0 N–H and O–H groups in total. The number of unbranched alkanes of at least 4 members (excludes halogenated alkanes) is 2. The van der Waals surface area contributed by atoms with Crippen LogP contribution < -0.4 is 4.90 Å². The first-order valence-electron chi connectivity index (χ1n) is 8.58. The molecule has 0 unspecified atom stereocenters. The van der Waals surface area contributed by atoms with E-state index in [9.17, 15) is 9.59 Å². The van der Waals surface area contributed by atoms with E-state index in [1.165, 1.54) is 16.2 Å². The lowest BCUT2D eigenvalue weighted by atomic mass is 10.1. The maximum atomic E-state index is 13.0. The molecule has 2 aromatic rings. The van der Waals surface area contributed by atoms with Gasteiger partial charge in [0.2, 0.25) is 0 Å². The van der Waals surface area contributed by atoms with Crippen molar-refractivity contribution >= 4 is 34.4 Å². The fourth-order valence-corrected chi connectivity index (χ4v) is 3.78. The molecule has 3 rings (SSSR count). The van der Waals surface area contributed by atoms with E-state index in [0.717, 1.165) is 29.8 Å². The van der Waals surface area contributed by atoms with Gasteiger partial charge in [0.1, 0.15) is 5.70 Å². The number of rotatable bonds is 7. The van der Waals surface area contributed by atoms with Crippen molar-refractivity contribution in [3.8, 4) is 0 Å². The van der Waals surface area contributed by atoms with Crippen LogP contribution in [0.25, 0.3) is 5.57 Å². The van der Waals surface area contributed by atoms with E-state index < -0.39 is 0 Å². The van der Waals surface area contributed by atoms with Crippen LogP contribution >= 0.6 is 11.3 Å². The van der Waals surface area contributed by atoms with Gasteiger partial charge in [-0.15, -0.1) is 11.3 Å². The zero-order valence-electron chi connectivity index (χ0n) is 14.6. The Morgan fingerprint density at radius 2 is 1.76 bits per heavy atom. The number of para-hydroxylation sites is 1. The molecule has 0 fully saturated rings. The highest BCUT2D eigenvalue weighted by atomic mass is 32.1. The molecule has 1 aliphatic rings. The van der Waals surface area contributed by atoms with Gasteiger partial charge >= 0.3 is 0 Å². The summed E-state index contributed by atoms with van der Waals surface area (Å²) in [5.74, 6) is -0.378. The lowest BCUT2D eigenvalue weighted by Gasteiger charge is -2.21. The van der Waals surface area contributed by atoms with Crippen LogP contribution in [-0.2, 0) is 9.59 Å². The summed E-state index contributed by atoms with van der Waals surface area (Å²) in [6.45, 7) is 2.59. The zero-order chi connectivity index (χ0) is 17.8. The zero-order valence-corrected chi connectivity index (χ0v) is 15.4. The molecule has 25 heavy (non-hydrogen) atoms. The molecular formula is C20H22N2O2S. The lowest BCUT2D eigenvalue weighted by molar-refractivity contribution is -0.136. The van der Waals surface area contributed by atoms with Crippen molar-refractivity contribution in [1.82, 2.24) is 4.90 Å². The highest BCUT2D eigenvalue weighted by Crippen LogP contribution is 2.35. The summed E-state index contributed by atoms with van der Waals surface area (Å²) >= 11 is 1.49. The van der Waals surface area contributed by atoms with Crippen LogP contribution in [0.4, 0.5) is 5.69 Å². The topological polar surface area (TPSA) is 40.6 Å². The number of carbonyl (C=O) groups excluding carboxylic acids is 2. The number of anilines is 1. The van der Waals surface area contributed by atoms with E-state index >= 15 is 0 Å². The Labute approximate surface area is 152 Å². The molecule has 0 aliphatic carbocycles. The lowest BCUT2D eigenvalue weighted by Crippen LogP contribution is -2.35. The molecule has 130 valence electrons. The van der Waals surface area contributed by atoms with Crippen LogP contribution in [0.5, 0.6) is 0 Å². The SMILES string of the molecule is CCCCCN1C(=O)C(c2cccs2)=C(N(C)c2ccccc2)C1=O. The summed E-state index contributed by atoms with van der Waals surface area (Å²) in [6, 6.07) is 13.5. The van der Waals surface area contributed by atoms with Gasteiger partial charge in [0, 0.05) is 24.2 Å². The van der Waals surface area contributed by atoms with Crippen molar-refractivity contribution < 1.29 is 9.59 Å². The molecule has 1 aliphatic heterocycles. The Hall–Kier alpha value is -2.40. The van der Waals surface area contributed by atoms with Crippen LogP contribution in [0, 0.1) is 0 Å². The minimum atomic E-state index is -0.198. The molecule has 0 radical (unpaired) electrons. The maximum Gasteiger partial charge on any atom is 0.278 e. The second kappa shape index (κ2) is 7.66. The number of imide groups is 1. The predicted molar refractivity (Wildman–Crippen MR) is 102 cm³/mol. The third kappa shape index (κ3) is 3.37. The van der Waals surface area contributed by atoms with Gasteiger partial charge in [-0.2, -0.15) is 0 Å². The van der Waals surface area contributed by atoms with Crippen LogP contribution in [-0.4, -0.2) is 30.3 Å². The molecule has 1 aromatic heterocycles. The van der Waals surface area contributed by atoms with Crippen molar-refractivity contribution in [2.75, 3.05) is 18.5 Å². The molecule has 0 saturated heterocycles. The molecule has 2 amide bonds. The number of hydrogen-bond acceptors (Lipinski definition) is 4. The van der Waals surface area contributed by atoms with Crippen LogP contribution in [0.15, 0.2) is 53.5 Å². The van der Waals surface area contributed by atoms with Crippen molar-refractivity contribution in [2.45, 2.75) is 26.2 Å². The fourth-order valence-electron chi connectivity index (χ4n) is 3.02. The highest BCUT2D eigenvalue weighted by Gasteiger charge is 2.41. The molecule has 0 atom stereocenters. The first kappa shape index (κ1) is 17.4. The standard InChI is InChI=1S/C20H22N2O2S/c1-3-4-8-13-22-19(23)17(16-12-9-14-25-16)18(20(22)24)21(2)15-10-6-5-7-11-15/h5-7,9-12,14H,3-4,8,13H2,1-2H3. The number of amides is 2. The summed E-state index contributed by atoms with van der Waals surface area (Å²) in [6.07, 6.45) is 2.90. The van der Waals surface area contributed by atoms with Crippen LogP contribution in [0.2, 0.25) is 0 Å². The second-order valence-corrected chi connectivity index (χ2v) is 7.01. The molecular weight excluding hydrogens is 332 g/mol. The Balaban J connectivity index is 2.00. The fraction of sp³-hybridized carbons (Fsp3) is 0.300. The van der Waals surface area contributed by atoms with Gasteiger partial charge in [0.25, 0.3) is 11.8 Å². The van der Waals surface area contributed by atoms with Crippen LogP contribution in [0.1, 0.15) is 31.1 Å². The second-order valence-electron chi connectivity index (χ2n) is 6.06. The first-order valence-corrected chi connectivity index (χ1v) is 9.46. The van der Waals surface area contributed by atoms with E-state index in [0.29, 0.717) is 17.8 Å². The van der Waals surface area contributed by atoms with Crippen molar-refractivity contribution in [3.05, 3.63) is 58.4 Å². The van der Waals surface area contributed by atoms with E-state index in [1.807, 2.05) is 59.8 Å². The third-order valence-electron chi connectivity index (χ3n) is 4.38. The number of carbonyl (C=O) groups is 2. The van der Waals surface area contributed by atoms with E-state index in [1.54, 1.807) is 0 Å². The average Bonchev–Trinajstić information content (AvgIpc) is 3.23. The minimum Gasteiger partial charge on any atom is -0.339 e. The van der Waals surface area contributed by atoms with Gasteiger partial charge in [0.15, 0.2) is 0 Å². The van der Waals surface area contributed by atoms with Gasteiger partial charge in [-0.25, -0.2) is 0 Å². The van der Waals surface area contributed by atoms with E-state index in [-0.39, 0.29) is 11.8 Å². The van der Waals surface area contributed by atoms with E-state index in [4.69, 9.17) is 0 Å². The Bertz CT molecular complexity index is 781. The first-order chi connectivity index (χ1) is 12.1. The van der Waals surface area contributed by atoms with Crippen LogP contribution in [0.3, 0.4) is 0 Å². The molecule has 1 aromatic carbocycles. The molecule has 0 spiro atoms. The molecule has 0 bridgehead atoms. The van der Waals surface area contributed by atoms with Gasteiger partial charge < -0.3 is 4.90 Å². The van der Waals surface area contributed by atoms with Crippen molar-refractivity contribution in [1.29, 1.82) is 0 Å². The molecule has 2 heterocycles. The average molecular weight is 354 g/mol. The third-order valence-corrected chi connectivity index (χ3v) is 5.26. The highest BCUT2D eigenvalue weighted by molar-refractivity contribution is 7.11. The maximum absolute atomic E-state index is 13.0. The molecule has 4 nitrogen and oxygen atoms in total. The van der Waals surface area contributed by atoms with Gasteiger partial charge in [0.05, 0.1) is 5.57 Å². The number of thiophene rings is 1. The quantitative estimate of drug-likeness (QED) is 0.554. The number of nitrogens with zero attached hydrogens (tertiary/aromatic N) is 2. The molecule has 0 saturated carbocycles. The number of benzene rings is 1. The van der Waals surface area contributed by atoms with Crippen molar-refractivity contribution in [3.63, 3.8) is 0 Å². The number of likely N-dealkylation sites (N-methyl/N-ethyl adjacent to an activating group) is 1. The Kier molecular flexibility index (Phi) is 5.34. The summed E-state index contributed by atoms with van der Waals surface area (Å²) in [5.41, 5.74) is 1.88. The number of hydrogen-bond donors (Lipinski definition) is 0. The largest absolute Gasteiger partial charge is 0.339 e. The Morgan fingerprint density at radius 1 is 1.00 bits per heavy atom. The minimum absolute atomic E-state index is 0.179. The predicted octanol–water partition coefficient (Wildman–Crippen LogP) is 4.15. The smallest absolute Gasteiger partial charge is 0.278 e. The summed E-state index contributed by atoms with van der Waals surface area (Å²) in [5, 5.41) is 1.93. The van der Waals surface area contributed by atoms with E-state index in [2.05, 4.69) is 6.92 Å². The summed E-state index contributed by atoms with van der Waals surface area (Å²) in [7, 11) is 1.85. The van der Waals surface area contributed by atoms with Gasteiger partial charge in [-0.3, -0.25) is 14.5 Å². The van der Waals surface area contributed by atoms with Gasteiger partial charge in [-0.1, -0.05) is 44.0 Å². The molecule has 5 heteroatoms.